The van der Waals surface area contributed by atoms with E-state index in [4.69, 9.17) is 5.73 Å². The number of hydrogen-bond acceptors (Lipinski definition) is 2. The Bertz CT molecular complexity index is 310. The molecule has 18 heavy (non-hydrogen) atoms. The first kappa shape index (κ1) is 13.9. The third kappa shape index (κ3) is 2.42. The van der Waals surface area contributed by atoms with Crippen molar-refractivity contribution in [3.8, 4) is 0 Å². The van der Waals surface area contributed by atoms with Crippen LogP contribution in [-0.2, 0) is 4.79 Å². The van der Waals surface area contributed by atoms with Gasteiger partial charge in [-0.3, -0.25) is 4.79 Å². The molecule has 0 aromatic heterocycles. The zero-order valence-corrected chi connectivity index (χ0v) is 11.9. The van der Waals surface area contributed by atoms with Gasteiger partial charge in [0.15, 0.2) is 0 Å². The van der Waals surface area contributed by atoms with Crippen molar-refractivity contribution in [2.75, 3.05) is 6.54 Å². The van der Waals surface area contributed by atoms with E-state index >= 15 is 0 Å². The van der Waals surface area contributed by atoms with Crippen molar-refractivity contribution < 1.29 is 4.79 Å². The number of amides is 1. The summed E-state index contributed by atoms with van der Waals surface area (Å²) in [5, 5.41) is 3.35. The quantitative estimate of drug-likeness (QED) is 0.811. The molecule has 0 aromatic carbocycles. The minimum Gasteiger partial charge on any atom is -0.349 e. The molecule has 3 heteroatoms. The Hall–Kier alpha value is -0.570. The minimum atomic E-state index is -0.140. The molecule has 0 saturated heterocycles. The van der Waals surface area contributed by atoms with Gasteiger partial charge in [-0.25, -0.2) is 0 Å². The monoisotopic (exact) mass is 252 g/mol. The van der Waals surface area contributed by atoms with E-state index in [9.17, 15) is 4.79 Å². The average molecular weight is 252 g/mol. The van der Waals surface area contributed by atoms with E-state index in [1.165, 1.54) is 32.1 Å². The zero-order valence-electron chi connectivity index (χ0n) is 11.9. The van der Waals surface area contributed by atoms with Crippen LogP contribution in [0.4, 0.5) is 0 Å². The molecule has 0 radical (unpaired) electrons. The lowest BCUT2D eigenvalue weighted by atomic mass is 9.72. The smallest absolute Gasteiger partial charge is 0.226 e. The van der Waals surface area contributed by atoms with E-state index in [1.807, 2.05) is 0 Å². The molecule has 1 amide bonds. The molecule has 2 aliphatic carbocycles. The van der Waals surface area contributed by atoms with Crippen LogP contribution in [0.25, 0.3) is 0 Å². The van der Waals surface area contributed by atoms with Gasteiger partial charge in [-0.2, -0.15) is 0 Å². The molecule has 0 bridgehead atoms. The molecular weight excluding hydrogens is 224 g/mol. The minimum absolute atomic E-state index is 0.138. The average Bonchev–Trinajstić information content (AvgIpc) is 2.80. The van der Waals surface area contributed by atoms with E-state index in [-0.39, 0.29) is 16.9 Å². The number of hydrogen-bond donors (Lipinski definition) is 2. The molecule has 3 N–H and O–H groups in total. The van der Waals surface area contributed by atoms with Gasteiger partial charge >= 0.3 is 0 Å². The van der Waals surface area contributed by atoms with Crippen LogP contribution in [0.5, 0.6) is 0 Å². The summed E-state index contributed by atoms with van der Waals surface area (Å²) < 4.78 is 0. The van der Waals surface area contributed by atoms with Gasteiger partial charge in [0.05, 0.1) is 5.54 Å². The Kier molecular flexibility index (Phi) is 4.00. The fourth-order valence-corrected chi connectivity index (χ4v) is 3.71. The Balaban J connectivity index is 2.07. The van der Waals surface area contributed by atoms with Gasteiger partial charge in [-0.1, -0.05) is 39.5 Å². The van der Waals surface area contributed by atoms with Crippen LogP contribution in [0.1, 0.15) is 65.2 Å². The normalized spacial score (nSPS) is 35.4. The van der Waals surface area contributed by atoms with Crippen LogP contribution < -0.4 is 11.1 Å². The topological polar surface area (TPSA) is 55.1 Å². The SMILES string of the molecule is CC1CCCCC1(CN)NC(=O)C1(C)CCCC1. The molecule has 2 rings (SSSR count). The second kappa shape index (κ2) is 5.20. The molecule has 2 aliphatic rings. The number of carbonyl (C=O) groups is 1. The molecule has 2 atom stereocenters. The maximum absolute atomic E-state index is 12.6. The van der Waals surface area contributed by atoms with Gasteiger partial charge in [-0.05, 0) is 31.6 Å². The summed E-state index contributed by atoms with van der Waals surface area (Å²) in [5.41, 5.74) is 5.73. The fourth-order valence-electron chi connectivity index (χ4n) is 3.71. The van der Waals surface area contributed by atoms with Crippen LogP contribution in [0.15, 0.2) is 0 Å². The molecule has 2 fully saturated rings. The highest BCUT2D eigenvalue weighted by Gasteiger charge is 2.43. The van der Waals surface area contributed by atoms with Crippen LogP contribution in [0, 0.1) is 11.3 Å². The first-order valence-corrected chi connectivity index (χ1v) is 7.55. The molecule has 104 valence electrons. The maximum atomic E-state index is 12.6. The van der Waals surface area contributed by atoms with Crippen molar-refractivity contribution in [2.24, 2.45) is 17.1 Å². The van der Waals surface area contributed by atoms with E-state index in [1.54, 1.807) is 0 Å². The highest BCUT2D eigenvalue weighted by Crippen LogP contribution is 2.40. The largest absolute Gasteiger partial charge is 0.349 e. The maximum Gasteiger partial charge on any atom is 0.226 e. The lowest BCUT2D eigenvalue weighted by Crippen LogP contribution is -2.61. The van der Waals surface area contributed by atoms with Crippen molar-refractivity contribution in [2.45, 2.75) is 70.8 Å². The molecule has 3 nitrogen and oxygen atoms in total. The summed E-state index contributed by atoms with van der Waals surface area (Å²) in [4.78, 5) is 12.6. The van der Waals surface area contributed by atoms with Crippen LogP contribution >= 0.6 is 0 Å². The number of carbonyl (C=O) groups excluding carboxylic acids is 1. The summed E-state index contributed by atoms with van der Waals surface area (Å²) in [6.07, 6.45) is 9.15. The fraction of sp³-hybridized carbons (Fsp3) is 0.933. The molecule has 0 spiro atoms. The Morgan fingerprint density at radius 1 is 1.22 bits per heavy atom. The summed E-state index contributed by atoms with van der Waals surface area (Å²) in [7, 11) is 0. The second-order valence-electron chi connectivity index (χ2n) is 6.73. The molecule has 0 aromatic rings. The zero-order chi connectivity index (χ0) is 13.2. The predicted molar refractivity (Wildman–Crippen MR) is 74.1 cm³/mol. The summed E-state index contributed by atoms with van der Waals surface area (Å²) in [6, 6.07) is 0. The first-order valence-electron chi connectivity index (χ1n) is 7.55. The molecule has 2 saturated carbocycles. The first-order chi connectivity index (χ1) is 8.52. The highest BCUT2D eigenvalue weighted by atomic mass is 16.2. The van der Waals surface area contributed by atoms with Crippen molar-refractivity contribution in [1.82, 2.24) is 5.32 Å². The Morgan fingerprint density at radius 3 is 2.39 bits per heavy atom. The number of nitrogens with two attached hydrogens (primary N) is 1. The van der Waals surface area contributed by atoms with E-state index in [2.05, 4.69) is 19.2 Å². The van der Waals surface area contributed by atoms with Crippen molar-refractivity contribution in [3.05, 3.63) is 0 Å². The van der Waals surface area contributed by atoms with Crippen molar-refractivity contribution >= 4 is 5.91 Å². The standard InChI is InChI=1S/C15H28N2O/c1-12-7-3-4-10-15(12,11-16)17-13(18)14(2)8-5-6-9-14/h12H,3-11,16H2,1-2H3,(H,17,18). The highest BCUT2D eigenvalue weighted by molar-refractivity contribution is 5.83. The van der Waals surface area contributed by atoms with Gasteiger partial charge in [0.2, 0.25) is 5.91 Å². The van der Waals surface area contributed by atoms with E-state index in [0.29, 0.717) is 12.5 Å². The van der Waals surface area contributed by atoms with Gasteiger partial charge in [-0.15, -0.1) is 0 Å². The summed E-state index contributed by atoms with van der Waals surface area (Å²) in [6.45, 7) is 4.94. The molecular formula is C15H28N2O. The molecule has 0 heterocycles. The van der Waals surface area contributed by atoms with Crippen molar-refractivity contribution in [1.29, 1.82) is 0 Å². The van der Waals surface area contributed by atoms with E-state index < -0.39 is 0 Å². The molecule has 0 aliphatic heterocycles. The van der Waals surface area contributed by atoms with Gasteiger partial charge in [0, 0.05) is 12.0 Å². The summed E-state index contributed by atoms with van der Waals surface area (Å²) >= 11 is 0. The Labute approximate surface area is 111 Å². The lowest BCUT2D eigenvalue weighted by molar-refractivity contribution is -0.133. The van der Waals surface area contributed by atoms with Gasteiger partial charge in [0.25, 0.3) is 0 Å². The predicted octanol–water partition coefficient (Wildman–Crippen LogP) is 2.59. The van der Waals surface area contributed by atoms with Crippen LogP contribution in [-0.4, -0.2) is 18.0 Å². The lowest BCUT2D eigenvalue weighted by Gasteiger charge is -2.44. The second-order valence-corrected chi connectivity index (χ2v) is 6.73. The third-order valence-electron chi connectivity index (χ3n) is 5.44. The van der Waals surface area contributed by atoms with Gasteiger partial charge < -0.3 is 11.1 Å². The Morgan fingerprint density at radius 2 is 1.83 bits per heavy atom. The van der Waals surface area contributed by atoms with Gasteiger partial charge in [0.1, 0.15) is 0 Å². The molecule has 2 unspecified atom stereocenters. The van der Waals surface area contributed by atoms with E-state index in [0.717, 1.165) is 19.3 Å². The summed E-state index contributed by atoms with van der Waals surface area (Å²) in [5.74, 6) is 0.754. The van der Waals surface area contributed by atoms with Crippen LogP contribution in [0.3, 0.4) is 0 Å². The van der Waals surface area contributed by atoms with Crippen LogP contribution in [0.2, 0.25) is 0 Å². The van der Waals surface area contributed by atoms with Crippen molar-refractivity contribution in [3.63, 3.8) is 0 Å². The number of nitrogens with one attached hydrogen (secondary N) is 1. The number of rotatable bonds is 3. The third-order valence-corrected chi connectivity index (χ3v) is 5.44.